The Hall–Kier alpha value is -1.91. The van der Waals surface area contributed by atoms with Gasteiger partial charge in [0, 0.05) is 10.0 Å². The molecule has 0 aromatic heterocycles. The zero-order chi connectivity index (χ0) is 15.1. The molecule has 0 atom stereocenters. The number of carbonyl (C=O) groups is 1. The van der Waals surface area contributed by atoms with Crippen molar-refractivity contribution in [2.75, 3.05) is 13.2 Å². The van der Waals surface area contributed by atoms with Crippen molar-refractivity contribution in [1.82, 2.24) is 0 Å². The van der Waals surface area contributed by atoms with Crippen LogP contribution in [0.15, 0.2) is 59.1 Å². The molecule has 2 aromatic carbocycles. The number of rotatable bonds is 6. The van der Waals surface area contributed by atoms with Gasteiger partial charge in [-0.25, -0.2) is 0 Å². The molecule has 3 nitrogen and oxygen atoms in total. The monoisotopic (exact) mass is 346 g/mol. The van der Waals surface area contributed by atoms with E-state index < -0.39 is 0 Å². The molecule has 21 heavy (non-hydrogen) atoms. The van der Waals surface area contributed by atoms with Gasteiger partial charge in [-0.2, -0.15) is 0 Å². The highest BCUT2D eigenvalue weighted by atomic mass is 79.9. The molecule has 4 heteroatoms. The first kappa shape index (κ1) is 15.5. The maximum atomic E-state index is 12.0. The fraction of sp³-hybridized carbons (Fsp3) is 0.118. The quantitative estimate of drug-likeness (QED) is 0.640. The lowest BCUT2D eigenvalue weighted by molar-refractivity contribution is 0.104. The fourth-order valence-corrected chi connectivity index (χ4v) is 1.99. The molecule has 0 bridgehead atoms. The van der Waals surface area contributed by atoms with Gasteiger partial charge < -0.3 is 9.84 Å². The Kier molecular flexibility index (Phi) is 5.72. The van der Waals surface area contributed by atoms with Gasteiger partial charge in [-0.15, -0.1) is 0 Å². The van der Waals surface area contributed by atoms with Crippen LogP contribution in [0.4, 0.5) is 0 Å². The molecule has 1 N–H and O–H groups in total. The van der Waals surface area contributed by atoms with Crippen molar-refractivity contribution in [3.8, 4) is 5.75 Å². The Labute approximate surface area is 132 Å². The number of hydrogen-bond acceptors (Lipinski definition) is 3. The van der Waals surface area contributed by atoms with Crippen molar-refractivity contribution in [3.63, 3.8) is 0 Å². The number of carbonyl (C=O) groups excluding carboxylic acids is 1. The zero-order valence-electron chi connectivity index (χ0n) is 11.3. The third-order valence-electron chi connectivity index (χ3n) is 2.80. The zero-order valence-corrected chi connectivity index (χ0v) is 12.9. The van der Waals surface area contributed by atoms with Crippen molar-refractivity contribution < 1.29 is 14.6 Å². The number of aliphatic hydroxyl groups is 1. The van der Waals surface area contributed by atoms with Crippen molar-refractivity contribution >= 4 is 27.8 Å². The van der Waals surface area contributed by atoms with E-state index in [2.05, 4.69) is 15.9 Å². The number of allylic oxidation sites excluding steroid dienone is 1. The second-order valence-electron chi connectivity index (χ2n) is 4.35. The highest BCUT2D eigenvalue weighted by Gasteiger charge is 2.01. The molecular weight excluding hydrogens is 332 g/mol. The molecule has 108 valence electrons. The number of halogens is 1. The molecule has 0 amide bonds. The first-order valence-electron chi connectivity index (χ1n) is 6.51. The minimum atomic E-state index is -0.0388. The summed E-state index contributed by atoms with van der Waals surface area (Å²) in [5.74, 6) is 0.656. The van der Waals surface area contributed by atoms with Crippen LogP contribution < -0.4 is 4.74 Å². The number of benzene rings is 2. The van der Waals surface area contributed by atoms with E-state index in [0.717, 1.165) is 10.0 Å². The van der Waals surface area contributed by atoms with Gasteiger partial charge in [-0.05, 0) is 48.0 Å². The third-order valence-corrected chi connectivity index (χ3v) is 3.32. The van der Waals surface area contributed by atoms with Crippen molar-refractivity contribution in [1.29, 1.82) is 0 Å². The summed E-state index contributed by atoms with van der Waals surface area (Å²) in [6.07, 6.45) is 3.31. The van der Waals surface area contributed by atoms with Gasteiger partial charge >= 0.3 is 0 Å². The van der Waals surface area contributed by atoms with Gasteiger partial charge in [0.2, 0.25) is 0 Å². The number of hydrogen-bond donors (Lipinski definition) is 1. The van der Waals surface area contributed by atoms with Crippen LogP contribution in [-0.4, -0.2) is 24.1 Å². The Morgan fingerprint density at radius 3 is 2.38 bits per heavy atom. The standard InChI is InChI=1S/C17H15BrO3/c18-15-6-4-14(5-7-15)17(20)10-3-13-1-8-16(9-2-13)21-12-11-19/h1-10,19H,11-12H2/b10-3+. The molecule has 0 unspecified atom stereocenters. The van der Waals surface area contributed by atoms with E-state index in [1.165, 1.54) is 0 Å². The normalized spacial score (nSPS) is 10.8. The van der Waals surface area contributed by atoms with Crippen LogP contribution in [0.2, 0.25) is 0 Å². The second-order valence-corrected chi connectivity index (χ2v) is 5.26. The van der Waals surface area contributed by atoms with Crippen molar-refractivity contribution in [2.24, 2.45) is 0 Å². The van der Waals surface area contributed by atoms with Crippen LogP contribution in [0.1, 0.15) is 15.9 Å². The van der Waals surface area contributed by atoms with Gasteiger partial charge in [0.1, 0.15) is 12.4 Å². The lowest BCUT2D eigenvalue weighted by Gasteiger charge is -2.03. The molecule has 0 saturated heterocycles. The van der Waals surface area contributed by atoms with Crippen LogP contribution in [0.3, 0.4) is 0 Å². The third kappa shape index (κ3) is 4.85. The van der Waals surface area contributed by atoms with Gasteiger partial charge in [0.05, 0.1) is 6.61 Å². The van der Waals surface area contributed by atoms with Gasteiger partial charge in [-0.3, -0.25) is 4.79 Å². The minimum Gasteiger partial charge on any atom is -0.491 e. The molecule has 0 aliphatic heterocycles. The maximum absolute atomic E-state index is 12.0. The summed E-state index contributed by atoms with van der Waals surface area (Å²) in [6.45, 7) is 0.264. The summed E-state index contributed by atoms with van der Waals surface area (Å²) in [5.41, 5.74) is 1.56. The second kappa shape index (κ2) is 7.76. The van der Waals surface area contributed by atoms with Crippen LogP contribution >= 0.6 is 15.9 Å². The highest BCUT2D eigenvalue weighted by molar-refractivity contribution is 9.10. The highest BCUT2D eigenvalue weighted by Crippen LogP contribution is 2.14. The summed E-state index contributed by atoms with van der Waals surface area (Å²) in [5, 5.41) is 8.68. The summed E-state index contributed by atoms with van der Waals surface area (Å²) in [4.78, 5) is 12.0. The maximum Gasteiger partial charge on any atom is 0.185 e. The predicted molar refractivity (Wildman–Crippen MR) is 86.5 cm³/mol. The van der Waals surface area contributed by atoms with E-state index in [9.17, 15) is 4.79 Å². The van der Waals surface area contributed by atoms with E-state index in [1.54, 1.807) is 36.4 Å². The topological polar surface area (TPSA) is 46.5 Å². The lowest BCUT2D eigenvalue weighted by atomic mass is 10.1. The van der Waals surface area contributed by atoms with Crippen LogP contribution in [0.25, 0.3) is 6.08 Å². The molecule has 0 heterocycles. The van der Waals surface area contributed by atoms with E-state index in [0.29, 0.717) is 11.3 Å². The molecule has 0 saturated carbocycles. The fourth-order valence-electron chi connectivity index (χ4n) is 1.72. The average Bonchev–Trinajstić information content (AvgIpc) is 2.52. The summed E-state index contributed by atoms with van der Waals surface area (Å²) in [7, 11) is 0. The number of ketones is 1. The smallest absolute Gasteiger partial charge is 0.185 e. The van der Waals surface area contributed by atoms with E-state index in [1.807, 2.05) is 24.3 Å². The molecule has 0 spiro atoms. The SMILES string of the molecule is O=C(/C=C/c1ccc(OCCO)cc1)c1ccc(Br)cc1. The predicted octanol–water partition coefficient (Wildman–Crippen LogP) is 3.72. The van der Waals surface area contributed by atoms with E-state index in [-0.39, 0.29) is 19.0 Å². The van der Waals surface area contributed by atoms with Crippen LogP contribution in [-0.2, 0) is 0 Å². The summed E-state index contributed by atoms with van der Waals surface area (Å²) >= 11 is 3.34. The molecular formula is C17H15BrO3. The van der Waals surface area contributed by atoms with E-state index in [4.69, 9.17) is 9.84 Å². The molecule has 0 aliphatic carbocycles. The first-order valence-corrected chi connectivity index (χ1v) is 7.30. The average molecular weight is 347 g/mol. The van der Waals surface area contributed by atoms with E-state index >= 15 is 0 Å². The summed E-state index contributed by atoms with van der Waals surface area (Å²) < 4.78 is 6.22. The Bertz CT molecular complexity index is 615. The van der Waals surface area contributed by atoms with Crippen molar-refractivity contribution in [3.05, 3.63) is 70.2 Å². The van der Waals surface area contributed by atoms with Gasteiger partial charge in [0.15, 0.2) is 5.78 Å². The molecule has 0 aliphatic rings. The number of ether oxygens (including phenoxy) is 1. The molecule has 2 rings (SSSR count). The van der Waals surface area contributed by atoms with Crippen LogP contribution in [0.5, 0.6) is 5.75 Å². The minimum absolute atomic E-state index is 0.0106. The lowest BCUT2D eigenvalue weighted by Crippen LogP contribution is -2.01. The molecule has 0 fully saturated rings. The first-order chi connectivity index (χ1) is 10.2. The van der Waals surface area contributed by atoms with Gasteiger partial charge in [-0.1, -0.05) is 34.1 Å². The molecule has 0 radical (unpaired) electrons. The number of aliphatic hydroxyl groups excluding tert-OH is 1. The van der Waals surface area contributed by atoms with Crippen molar-refractivity contribution in [2.45, 2.75) is 0 Å². The molecule has 2 aromatic rings. The Balaban J connectivity index is 2.00. The van der Waals surface area contributed by atoms with Crippen LogP contribution in [0, 0.1) is 0 Å². The summed E-state index contributed by atoms with van der Waals surface area (Å²) in [6, 6.07) is 14.6. The Morgan fingerprint density at radius 2 is 1.76 bits per heavy atom. The largest absolute Gasteiger partial charge is 0.491 e. The van der Waals surface area contributed by atoms with Gasteiger partial charge in [0.25, 0.3) is 0 Å². The Morgan fingerprint density at radius 1 is 1.10 bits per heavy atom.